The summed E-state index contributed by atoms with van der Waals surface area (Å²) < 4.78 is 1.72. The molecule has 7 nitrogen and oxygen atoms in total. The number of amides is 1. The van der Waals surface area contributed by atoms with Crippen molar-refractivity contribution in [2.45, 2.75) is 13.3 Å². The number of nitrogens with zero attached hydrogens (tertiary/aromatic N) is 4. The van der Waals surface area contributed by atoms with Gasteiger partial charge in [0.15, 0.2) is 5.65 Å². The lowest BCUT2D eigenvalue weighted by atomic mass is 10.2. The molecule has 0 aliphatic rings. The predicted octanol–water partition coefficient (Wildman–Crippen LogP) is 0.584. The van der Waals surface area contributed by atoms with Gasteiger partial charge in [-0.05, 0) is 19.1 Å². The third kappa shape index (κ3) is 2.70. The molecule has 0 saturated carbocycles. The first-order chi connectivity index (χ1) is 8.99. The molecule has 2 heterocycles. The van der Waals surface area contributed by atoms with Crippen LogP contribution in [0, 0.1) is 6.92 Å². The Bertz CT molecular complexity index is 635. The molecule has 19 heavy (non-hydrogen) atoms. The molecule has 0 aromatic carbocycles. The molecule has 2 aromatic heterocycles. The van der Waals surface area contributed by atoms with Crippen molar-refractivity contribution in [3.8, 4) is 0 Å². The Morgan fingerprint density at radius 2 is 2.11 bits per heavy atom. The molecule has 0 aliphatic carbocycles. The highest BCUT2D eigenvalue weighted by atomic mass is 16.4. The van der Waals surface area contributed by atoms with E-state index in [4.69, 9.17) is 5.11 Å². The van der Waals surface area contributed by atoms with E-state index in [-0.39, 0.29) is 18.9 Å². The van der Waals surface area contributed by atoms with Crippen molar-refractivity contribution in [3.05, 3.63) is 29.7 Å². The van der Waals surface area contributed by atoms with E-state index >= 15 is 0 Å². The number of fused-ring (bicyclic) bond motifs is 1. The summed E-state index contributed by atoms with van der Waals surface area (Å²) in [5, 5.41) is 16.5. The molecule has 0 fully saturated rings. The lowest BCUT2D eigenvalue weighted by Crippen LogP contribution is -2.29. The number of hydrogen-bond acceptors (Lipinski definition) is 4. The third-order valence-corrected chi connectivity index (χ3v) is 2.83. The topological polar surface area (TPSA) is 87.8 Å². The van der Waals surface area contributed by atoms with E-state index in [1.807, 2.05) is 0 Å². The van der Waals surface area contributed by atoms with Gasteiger partial charge in [0, 0.05) is 19.8 Å². The maximum atomic E-state index is 12.1. The number of hydrogen-bond donors (Lipinski definition) is 1. The molecule has 0 bridgehead atoms. The lowest BCUT2D eigenvalue weighted by molar-refractivity contribution is -0.137. The Hall–Kier alpha value is -2.44. The normalized spacial score (nSPS) is 10.6. The van der Waals surface area contributed by atoms with Gasteiger partial charge in [0.1, 0.15) is 5.82 Å². The Balaban J connectivity index is 2.20. The molecule has 0 saturated heterocycles. The number of carbonyl (C=O) groups excluding carboxylic acids is 1. The van der Waals surface area contributed by atoms with E-state index in [1.165, 1.54) is 4.90 Å². The Kier molecular flexibility index (Phi) is 3.46. The SMILES string of the molecule is Cc1nnc2ccc(C(=O)N(C)CCC(=O)O)cn12. The van der Waals surface area contributed by atoms with Crippen molar-refractivity contribution >= 4 is 17.5 Å². The summed E-state index contributed by atoms with van der Waals surface area (Å²) in [4.78, 5) is 24.0. The van der Waals surface area contributed by atoms with E-state index in [2.05, 4.69) is 10.2 Å². The molecule has 0 atom stereocenters. The van der Waals surface area contributed by atoms with E-state index in [9.17, 15) is 9.59 Å². The van der Waals surface area contributed by atoms with E-state index in [0.717, 1.165) is 0 Å². The fourth-order valence-corrected chi connectivity index (χ4v) is 1.72. The maximum absolute atomic E-state index is 12.1. The van der Waals surface area contributed by atoms with Crippen LogP contribution >= 0.6 is 0 Å². The molecule has 7 heteroatoms. The second-order valence-corrected chi connectivity index (χ2v) is 4.26. The summed E-state index contributed by atoms with van der Waals surface area (Å²) >= 11 is 0. The zero-order chi connectivity index (χ0) is 14.0. The van der Waals surface area contributed by atoms with Gasteiger partial charge in [-0.1, -0.05) is 0 Å². The van der Waals surface area contributed by atoms with E-state index < -0.39 is 5.97 Å². The zero-order valence-electron chi connectivity index (χ0n) is 10.7. The molecular weight excluding hydrogens is 248 g/mol. The summed E-state index contributed by atoms with van der Waals surface area (Å²) in [6.45, 7) is 1.97. The first-order valence-corrected chi connectivity index (χ1v) is 5.77. The molecule has 0 spiro atoms. The molecule has 0 aliphatic heterocycles. The quantitative estimate of drug-likeness (QED) is 0.871. The van der Waals surface area contributed by atoms with Crippen molar-refractivity contribution in [2.75, 3.05) is 13.6 Å². The van der Waals surface area contributed by atoms with Crippen LogP contribution in [0.3, 0.4) is 0 Å². The lowest BCUT2D eigenvalue weighted by Gasteiger charge is -2.16. The summed E-state index contributed by atoms with van der Waals surface area (Å²) in [5.74, 6) is -0.459. The van der Waals surface area contributed by atoms with Crippen molar-refractivity contribution in [3.63, 3.8) is 0 Å². The van der Waals surface area contributed by atoms with Crippen LogP contribution in [0.15, 0.2) is 18.3 Å². The Morgan fingerprint density at radius 3 is 2.79 bits per heavy atom. The van der Waals surface area contributed by atoms with Gasteiger partial charge in [0.05, 0.1) is 12.0 Å². The largest absolute Gasteiger partial charge is 0.481 e. The van der Waals surface area contributed by atoms with Crippen LogP contribution in [0.2, 0.25) is 0 Å². The van der Waals surface area contributed by atoms with Gasteiger partial charge >= 0.3 is 5.97 Å². The average Bonchev–Trinajstić information content (AvgIpc) is 2.76. The van der Waals surface area contributed by atoms with Gasteiger partial charge < -0.3 is 10.0 Å². The number of rotatable bonds is 4. The van der Waals surface area contributed by atoms with Gasteiger partial charge in [-0.25, -0.2) is 0 Å². The number of aromatic nitrogens is 3. The molecule has 1 N–H and O–H groups in total. The number of carboxylic acids is 1. The number of carbonyl (C=O) groups is 2. The van der Waals surface area contributed by atoms with Crippen molar-refractivity contribution < 1.29 is 14.7 Å². The highest BCUT2D eigenvalue weighted by molar-refractivity contribution is 5.94. The predicted molar refractivity (Wildman–Crippen MR) is 66.9 cm³/mol. The number of aryl methyl sites for hydroxylation is 1. The van der Waals surface area contributed by atoms with Gasteiger partial charge in [-0.2, -0.15) is 0 Å². The van der Waals surface area contributed by atoms with Crippen molar-refractivity contribution in [1.29, 1.82) is 0 Å². The van der Waals surface area contributed by atoms with E-state index in [1.54, 1.807) is 36.7 Å². The molecule has 0 radical (unpaired) electrons. The fourth-order valence-electron chi connectivity index (χ4n) is 1.72. The molecule has 1 amide bonds. The smallest absolute Gasteiger partial charge is 0.305 e. The fraction of sp³-hybridized carbons (Fsp3) is 0.333. The molecule has 0 unspecified atom stereocenters. The van der Waals surface area contributed by atoms with Crippen LogP contribution in [-0.4, -0.2) is 50.1 Å². The second-order valence-electron chi connectivity index (χ2n) is 4.26. The molecule has 2 rings (SSSR count). The summed E-state index contributed by atoms with van der Waals surface area (Å²) in [6, 6.07) is 3.36. The minimum atomic E-state index is -0.926. The minimum absolute atomic E-state index is 0.0733. The first kappa shape index (κ1) is 13.0. The van der Waals surface area contributed by atoms with Crippen LogP contribution in [-0.2, 0) is 4.79 Å². The second kappa shape index (κ2) is 5.05. The highest BCUT2D eigenvalue weighted by Gasteiger charge is 2.14. The van der Waals surface area contributed by atoms with Crippen molar-refractivity contribution in [2.24, 2.45) is 0 Å². The Morgan fingerprint density at radius 1 is 1.37 bits per heavy atom. The monoisotopic (exact) mass is 262 g/mol. The molecule has 100 valence electrons. The van der Waals surface area contributed by atoms with Crippen LogP contribution in [0.25, 0.3) is 5.65 Å². The molecular formula is C12H14N4O3. The van der Waals surface area contributed by atoms with Crippen LogP contribution in [0.5, 0.6) is 0 Å². The number of pyridine rings is 1. The van der Waals surface area contributed by atoms with Crippen LogP contribution < -0.4 is 0 Å². The first-order valence-electron chi connectivity index (χ1n) is 5.77. The molecule has 2 aromatic rings. The summed E-state index contributed by atoms with van der Waals surface area (Å²) in [7, 11) is 1.58. The number of carboxylic acid groups (broad SMARTS) is 1. The zero-order valence-corrected chi connectivity index (χ0v) is 10.7. The number of aliphatic carboxylic acids is 1. The highest BCUT2D eigenvalue weighted by Crippen LogP contribution is 2.08. The van der Waals surface area contributed by atoms with Crippen LogP contribution in [0.4, 0.5) is 0 Å². The van der Waals surface area contributed by atoms with Gasteiger partial charge in [-0.15, -0.1) is 10.2 Å². The summed E-state index contributed by atoms with van der Waals surface area (Å²) in [5.41, 5.74) is 1.14. The van der Waals surface area contributed by atoms with Gasteiger partial charge in [0.25, 0.3) is 5.91 Å². The van der Waals surface area contributed by atoms with Crippen molar-refractivity contribution in [1.82, 2.24) is 19.5 Å². The van der Waals surface area contributed by atoms with Crippen LogP contribution in [0.1, 0.15) is 22.6 Å². The maximum Gasteiger partial charge on any atom is 0.305 e. The standard InChI is InChI=1S/C12H14N4O3/c1-8-13-14-10-4-3-9(7-16(8)10)12(19)15(2)6-5-11(17)18/h3-4,7H,5-6H2,1-2H3,(H,17,18). The average molecular weight is 262 g/mol. The van der Waals surface area contributed by atoms with Gasteiger partial charge in [0.2, 0.25) is 0 Å². The Labute approximate surface area is 109 Å². The third-order valence-electron chi connectivity index (χ3n) is 2.83. The minimum Gasteiger partial charge on any atom is -0.481 e. The van der Waals surface area contributed by atoms with E-state index in [0.29, 0.717) is 17.0 Å². The van der Waals surface area contributed by atoms with Gasteiger partial charge in [-0.3, -0.25) is 14.0 Å². The summed E-state index contributed by atoms with van der Waals surface area (Å²) in [6.07, 6.45) is 1.58.